The summed E-state index contributed by atoms with van der Waals surface area (Å²) in [5, 5.41) is 0. The Hall–Kier alpha value is -2.31. The van der Waals surface area contributed by atoms with E-state index < -0.39 is 26.0 Å². The Morgan fingerprint density at radius 2 is 1.54 bits per heavy atom. The van der Waals surface area contributed by atoms with E-state index in [1.54, 1.807) is 18.2 Å². The van der Waals surface area contributed by atoms with Crippen LogP contribution in [0.3, 0.4) is 0 Å². The Morgan fingerprint density at radius 1 is 0.893 bits per heavy atom. The predicted octanol–water partition coefficient (Wildman–Crippen LogP) is 0.331. The molecule has 0 aromatic heterocycles. The van der Waals surface area contributed by atoms with E-state index in [1.807, 2.05) is 4.83 Å². The smallest absolute Gasteiger partial charge is 0.266 e. The van der Waals surface area contributed by atoms with Crippen LogP contribution in [0.4, 0.5) is 0 Å². The van der Waals surface area contributed by atoms with E-state index in [2.05, 4.69) is 5.43 Å². The Morgan fingerprint density at radius 3 is 2.21 bits per heavy atom. The minimum atomic E-state index is -3.94. The highest BCUT2D eigenvalue weighted by molar-refractivity contribution is 7.89. The van der Waals surface area contributed by atoms with E-state index in [0.717, 1.165) is 0 Å². The average molecular weight is 425 g/mol. The number of nitrogens with zero attached hydrogens (tertiary/aromatic N) is 1. The minimum absolute atomic E-state index is 0.00472. The molecule has 1 aliphatic rings. The van der Waals surface area contributed by atoms with Crippen LogP contribution in [0.25, 0.3) is 0 Å². The fourth-order valence-electron chi connectivity index (χ4n) is 2.58. The van der Waals surface area contributed by atoms with Gasteiger partial charge in [-0.2, -0.15) is 4.31 Å². The Balaban J connectivity index is 1.74. The number of hydrazine groups is 1. The summed E-state index contributed by atoms with van der Waals surface area (Å²) in [6, 6.07) is 12.9. The molecule has 0 aliphatic carbocycles. The Bertz CT molecular complexity index is 1050. The third-order valence-corrected chi connectivity index (χ3v) is 7.21. The number of sulfonamides is 2. The molecule has 9 nitrogen and oxygen atoms in total. The summed E-state index contributed by atoms with van der Waals surface area (Å²) in [6.07, 6.45) is 0. The number of rotatable bonds is 6. The number of carbonyl (C=O) groups excluding carboxylic acids is 1. The van der Waals surface area contributed by atoms with Crippen LogP contribution in [0, 0.1) is 0 Å². The lowest BCUT2D eigenvalue weighted by molar-refractivity contribution is 0.0730. The number of amides is 1. The minimum Gasteiger partial charge on any atom is -0.379 e. The molecule has 2 N–H and O–H groups in total. The standard InChI is InChI=1S/C17H19N3O6S2/c21-17(18-19-27(22,23)15-6-2-1-3-7-15)14-5-4-8-16(13-14)28(24,25)20-9-11-26-12-10-20/h1-8,13,19H,9-12H2,(H,18,21). The molecule has 0 spiro atoms. The molecule has 1 heterocycles. The maximum atomic E-state index is 12.7. The van der Waals surface area contributed by atoms with Crippen LogP contribution in [0.1, 0.15) is 10.4 Å². The monoisotopic (exact) mass is 425 g/mol. The molecule has 1 saturated heterocycles. The SMILES string of the molecule is O=C(NNS(=O)(=O)c1ccccc1)c1cccc(S(=O)(=O)N2CCOCC2)c1. The van der Waals surface area contributed by atoms with Gasteiger partial charge in [-0.15, -0.1) is 4.83 Å². The van der Waals surface area contributed by atoms with Crippen molar-refractivity contribution in [1.82, 2.24) is 14.6 Å². The fourth-order valence-corrected chi connectivity index (χ4v) is 4.89. The first-order valence-electron chi connectivity index (χ1n) is 8.36. The van der Waals surface area contributed by atoms with Crippen molar-refractivity contribution in [1.29, 1.82) is 0 Å². The van der Waals surface area contributed by atoms with Crippen LogP contribution in [-0.4, -0.2) is 53.4 Å². The molecule has 0 radical (unpaired) electrons. The maximum absolute atomic E-state index is 12.7. The summed E-state index contributed by atoms with van der Waals surface area (Å²) in [5.41, 5.74) is 2.10. The molecule has 0 atom stereocenters. The van der Waals surface area contributed by atoms with Crippen molar-refractivity contribution >= 4 is 26.0 Å². The lowest BCUT2D eigenvalue weighted by Crippen LogP contribution is -2.42. The highest BCUT2D eigenvalue weighted by Gasteiger charge is 2.27. The first kappa shape index (κ1) is 20.4. The first-order valence-corrected chi connectivity index (χ1v) is 11.3. The molecule has 1 amide bonds. The van der Waals surface area contributed by atoms with Gasteiger partial charge in [0.1, 0.15) is 0 Å². The number of hydrogen-bond acceptors (Lipinski definition) is 6. The van der Waals surface area contributed by atoms with Crippen molar-refractivity contribution in [3.05, 3.63) is 60.2 Å². The number of nitrogens with one attached hydrogen (secondary N) is 2. The van der Waals surface area contributed by atoms with Crippen molar-refractivity contribution in [2.24, 2.45) is 0 Å². The predicted molar refractivity (Wildman–Crippen MR) is 100 cm³/mol. The molecule has 150 valence electrons. The van der Waals surface area contributed by atoms with Crippen LogP contribution < -0.4 is 10.3 Å². The van der Waals surface area contributed by atoms with Crippen molar-refractivity contribution in [3.63, 3.8) is 0 Å². The molecular weight excluding hydrogens is 406 g/mol. The van der Waals surface area contributed by atoms with Gasteiger partial charge in [-0.25, -0.2) is 16.8 Å². The van der Waals surface area contributed by atoms with Gasteiger partial charge in [-0.1, -0.05) is 24.3 Å². The van der Waals surface area contributed by atoms with Gasteiger partial charge in [0.05, 0.1) is 23.0 Å². The van der Waals surface area contributed by atoms with E-state index in [9.17, 15) is 21.6 Å². The second-order valence-corrected chi connectivity index (χ2v) is 9.54. The van der Waals surface area contributed by atoms with Gasteiger partial charge in [-0.3, -0.25) is 10.2 Å². The van der Waals surface area contributed by atoms with Crippen molar-refractivity contribution in [2.75, 3.05) is 26.3 Å². The molecule has 28 heavy (non-hydrogen) atoms. The second-order valence-electron chi connectivity index (χ2n) is 5.92. The first-order chi connectivity index (χ1) is 13.3. The molecule has 2 aromatic carbocycles. The lowest BCUT2D eigenvalue weighted by atomic mass is 10.2. The van der Waals surface area contributed by atoms with Gasteiger partial charge >= 0.3 is 0 Å². The summed E-state index contributed by atoms with van der Waals surface area (Å²) in [6.45, 7) is 1.08. The molecule has 11 heteroatoms. The molecule has 1 fully saturated rings. The van der Waals surface area contributed by atoms with Gasteiger partial charge < -0.3 is 4.74 Å². The van der Waals surface area contributed by atoms with Crippen LogP contribution in [0.15, 0.2) is 64.4 Å². The molecule has 1 aliphatic heterocycles. The molecule has 0 unspecified atom stereocenters. The highest BCUT2D eigenvalue weighted by Crippen LogP contribution is 2.18. The number of ether oxygens (including phenoxy) is 1. The molecule has 0 saturated carbocycles. The summed E-state index contributed by atoms with van der Waals surface area (Å²) >= 11 is 0. The van der Waals surface area contributed by atoms with E-state index >= 15 is 0 Å². The maximum Gasteiger partial charge on any atom is 0.266 e. The lowest BCUT2D eigenvalue weighted by Gasteiger charge is -2.26. The van der Waals surface area contributed by atoms with Crippen LogP contribution in [0.5, 0.6) is 0 Å². The summed E-state index contributed by atoms with van der Waals surface area (Å²) in [7, 11) is -7.71. The number of hydrogen-bond donors (Lipinski definition) is 2. The molecular formula is C17H19N3O6S2. The van der Waals surface area contributed by atoms with Gasteiger partial charge in [0.2, 0.25) is 10.0 Å². The van der Waals surface area contributed by atoms with Gasteiger partial charge in [-0.05, 0) is 30.3 Å². The Kier molecular flexibility index (Phi) is 6.10. The van der Waals surface area contributed by atoms with Crippen molar-refractivity contribution < 1.29 is 26.4 Å². The van der Waals surface area contributed by atoms with E-state index in [-0.39, 0.29) is 28.4 Å². The fraction of sp³-hybridized carbons (Fsp3) is 0.235. The second kappa shape index (κ2) is 8.37. The van der Waals surface area contributed by atoms with E-state index in [0.29, 0.717) is 13.2 Å². The van der Waals surface area contributed by atoms with Crippen LogP contribution in [0.2, 0.25) is 0 Å². The van der Waals surface area contributed by atoms with Gasteiger partial charge in [0.15, 0.2) is 0 Å². The molecule has 2 aromatic rings. The Labute approximate surface area is 163 Å². The van der Waals surface area contributed by atoms with Crippen LogP contribution in [-0.2, 0) is 24.8 Å². The normalized spacial score (nSPS) is 15.9. The zero-order valence-electron chi connectivity index (χ0n) is 14.7. The third-order valence-electron chi connectivity index (χ3n) is 4.06. The average Bonchev–Trinajstić information content (AvgIpc) is 2.73. The summed E-state index contributed by atoms with van der Waals surface area (Å²) in [4.78, 5) is 14.2. The zero-order chi connectivity index (χ0) is 20.2. The largest absolute Gasteiger partial charge is 0.379 e. The number of benzene rings is 2. The van der Waals surface area contributed by atoms with E-state index in [4.69, 9.17) is 4.74 Å². The van der Waals surface area contributed by atoms with Crippen molar-refractivity contribution in [2.45, 2.75) is 9.79 Å². The quantitative estimate of drug-likeness (QED) is 0.644. The molecule has 3 rings (SSSR count). The van der Waals surface area contributed by atoms with Crippen molar-refractivity contribution in [3.8, 4) is 0 Å². The number of carbonyl (C=O) groups is 1. The van der Waals surface area contributed by atoms with Crippen LogP contribution >= 0.6 is 0 Å². The molecule has 0 bridgehead atoms. The van der Waals surface area contributed by atoms with Gasteiger partial charge in [0, 0.05) is 18.7 Å². The number of morpholine rings is 1. The topological polar surface area (TPSA) is 122 Å². The summed E-state index contributed by atoms with van der Waals surface area (Å²) in [5.74, 6) is -0.779. The zero-order valence-corrected chi connectivity index (χ0v) is 16.4. The highest BCUT2D eigenvalue weighted by atomic mass is 32.2. The van der Waals surface area contributed by atoms with Gasteiger partial charge in [0.25, 0.3) is 15.9 Å². The van der Waals surface area contributed by atoms with E-state index in [1.165, 1.54) is 40.7 Å². The third kappa shape index (κ3) is 4.56. The summed E-state index contributed by atoms with van der Waals surface area (Å²) < 4.78 is 56.1.